The smallest absolute Gasteiger partial charge is 0.225 e. The van der Waals surface area contributed by atoms with E-state index in [0.29, 0.717) is 11.5 Å². The highest BCUT2D eigenvalue weighted by Crippen LogP contribution is 2.32. The number of aryl methyl sites for hydroxylation is 1. The number of nitrogens with zero attached hydrogens (tertiary/aromatic N) is 7. The molecule has 4 heterocycles. The number of benzene rings is 1. The van der Waals surface area contributed by atoms with Gasteiger partial charge in [-0.05, 0) is 37.1 Å². The minimum atomic E-state index is 0.240. The van der Waals surface area contributed by atoms with Crippen LogP contribution in [0.25, 0.3) is 33.5 Å². The normalized spacial score (nSPS) is 14.7. The maximum Gasteiger partial charge on any atom is 0.225 e. The summed E-state index contributed by atoms with van der Waals surface area (Å²) in [6, 6.07) is 13.8. The molecule has 0 spiro atoms. The van der Waals surface area contributed by atoms with Crippen LogP contribution in [0.2, 0.25) is 0 Å². The van der Waals surface area contributed by atoms with Crippen molar-refractivity contribution in [1.29, 1.82) is 5.26 Å². The van der Waals surface area contributed by atoms with Crippen molar-refractivity contribution >= 4 is 17.0 Å². The monoisotopic (exact) mass is 410 g/mol. The molecule has 1 aliphatic rings. The Bertz CT molecular complexity index is 1280. The number of nitriles is 1. The molecule has 1 saturated heterocycles. The SMILES string of the molecule is Cn1cc2nc(-c3cnc(N4CCC(N)CC4)nc3-c3ccc(C#N)cc3)ccc2n1. The van der Waals surface area contributed by atoms with Gasteiger partial charge < -0.3 is 10.6 Å². The van der Waals surface area contributed by atoms with Gasteiger partial charge in [0.15, 0.2) is 0 Å². The van der Waals surface area contributed by atoms with Crippen LogP contribution >= 0.6 is 0 Å². The number of aromatic nitrogens is 5. The highest BCUT2D eigenvalue weighted by atomic mass is 15.3. The summed E-state index contributed by atoms with van der Waals surface area (Å²) < 4.78 is 1.75. The second-order valence-corrected chi connectivity index (χ2v) is 7.85. The van der Waals surface area contributed by atoms with Gasteiger partial charge in [-0.15, -0.1) is 0 Å². The van der Waals surface area contributed by atoms with E-state index in [1.807, 2.05) is 43.7 Å². The Morgan fingerprint density at radius 2 is 1.81 bits per heavy atom. The molecule has 0 amide bonds. The van der Waals surface area contributed by atoms with E-state index in [1.54, 1.807) is 16.8 Å². The van der Waals surface area contributed by atoms with Crippen molar-refractivity contribution in [3.8, 4) is 28.6 Å². The van der Waals surface area contributed by atoms with Gasteiger partial charge in [0.1, 0.15) is 11.0 Å². The Morgan fingerprint density at radius 3 is 2.55 bits per heavy atom. The predicted molar refractivity (Wildman–Crippen MR) is 119 cm³/mol. The van der Waals surface area contributed by atoms with Crippen LogP contribution in [-0.4, -0.2) is 43.9 Å². The van der Waals surface area contributed by atoms with Crippen molar-refractivity contribution < 1.29 is 0 Å². The van der Waals surface area contributed by atoms with Gasteiger partial charge in [-0.2, -0.15) is 10.4 Å². The van der Waals surface area contributed by atoms with E-state index in [1.165, 1.54) is 0 Å². The van der Waals surface area contributed by atoms with Crippen LogP contribution in [0.4, 0.5) is 5.95 Å². The lowest BCUT2D eigenvalue weighted by atomic mass is 10.0. The van der Waals surface area contributed by atoms with Gasteiger partial charge >= 0.3 is 0 Å². The van der Waals surface area contributed by atoms with Crippen LogP contribution in [0.5, 0.6) is 0 Å². The maximum atomic E-state index is 9.16. The Morgan fingerprint density at radius 1 is 1.03 bits per heavy atom. The topological polar surface area (TPSA) is 110 Å². The minimum absolute atomic E-state index is 0.240. The Balaban J connectivity index is 1.62. The fraction of sp³-hybridized carbons (Fsp3) is 0.261. The van der Waals surface area contributed by atoms with E-state index < -0.39 is 0 Å². The summed E-state index contributed by atoms with van der Waals surface area (Å²) >= 11 is 0. The number of piperidine rings is 1. The van der Waals surface area contributed by atoms with Crippen LogP contribution in [-0.2, 0) is 7.05 Å². The van der Waals surface area contributed by atoms with E-state index >= 15 is 0 Å². The van der Waals surface area contributed by atoms with E-state index in [-0.39, 0.29) is 6.04 Å². The summed E-state index contributed by atoms with van der Waals surface area (Å²) in [5, 5.41) is 13.6. The van der Waals surface area contributed by atoms with Crippen molar-refractivity contribution in [2.24, 2.45) is 12.8 Å². The van der Waals surface area contributed by atoms with Gasteiger partial charge in [0.05, 0.1) is 29.2 Å². The van der Waals surface area contributed by atoms with E-state index in [4.69, 9.17) is 21.0 Å². The molecule has 1 fully saturated rings. The lowest BCUT2D eigenvalue weighted by Gasteiger charge is -2.30. The Kier molecular flexibility index (Phi) is 4.81. The first-order valence-electron chi connectivity index (χ1n) is 10.3. The van der Waals surface area contributed by atoms with Crippen molar-refractivity contribution in [3.05, 3.63) is 54.4 Å². The zero-order chi connectivity index (χ0) is 21.4. The van der Waals surface area contributed by atoms with Gasteiger partial charge in [-0.1, -0.05) is 12.1 Å². The van der Waals surface area contributed by atoms with Crippen LogP contribution in [0, 0.1) is 11.3 Å². The van der Waals surface area contributed by atoms with E-state index in [9.17, 15) is 0 Å². The van der Waals surface area contributed by atoms with E-state index in [0.717, 1.165) is 59.5 Å². The molecule has 8 nitrogen and oxygen atoms in total. The number of pyridine rings is 1. The zero-order valence-corrected chi connectivity index (χ0v) is 17.2. The van der Waals surface area contributed by atoms with Gasteiger partial charge in [0.25, 0.3) is 0 Å². The molecule has 0 radical (unpaired) electrons. The first kappa shape index (κ1) is 19.2. The van der Waals surface area contributed by atoms with Crippen molar-refractivity contribution in [3.63, 3.8) is 0 Å². The fourth-order valence-corrected chi connectivity index (χ4v) is 3.91. The second kappa shape index (κ2) is 7.78. The molecule has 154 valence electrons. The molecule has 5 rings (SSSR count). The average Bonchev–Trinajstić information content (AvgIpc) is 3.18. The third kappa shape index (κ3) is 3.71. The van der Waals surface area contributed by atoms with Crippen LogP contribution in [0.15, 0.2) is 48.8 Å². The van der Waals surface area contributed by atoms with Crippen molar-refractivity contribution in [2.75, 3.05) is 18.0 Å². The van der Waals surface area contributed by atoms with Crippen molar-refractivity contribution in [1.82, 2.24) is 24.7 Å². The molecule has 0 saturated carbocycles. The zero-order valence-electron chi connectivity index (χ0n) is 17.2. The summed E-state index contributed by atoms with van der Waals surface area (Å²) in [6.45, 7) is 1.68. The van der Waals surface area contributed by atoms with Crippen LogP contribution in [0.3, 0.4) is 0 Å². The molecular weight excluding hydrogens is 388 g/mol. The standard InChI is InChI=1S/C23H22N8/c1-30-14-21-20(29-30)7-6-19(27-21)18-13-26-23(31-10-8-17(25)9-11-31)28-22(18)16-4-2-15(12-24)3-5-16/h2-7,13-14,17H,8-11,25H2,1H3. The second-order valence-electron chi connectivity index (χ2n) is 7.85. The number of hydrogen-bond acceptors (Lipinski definition) is 7. The van der Waals surface area contributed by atoms with Gasteiger partial charge in [-0.25, -0.2) is 15.0 Å². The van der Waals surface area contributed by atoms with E-state index in [2.05, 4.69) is 21.1 Å². The highest BCUT2D eigenvalue weighted by Gasteiger charge is 2.21. The largest absolute Gasteiger partial charge is 0.341 e. The number of hydrogen-bond donors (Lipinski definition) is 1. The third-order valence-corrected chi connectivity index (χ3v) is 5.64. The molecule has 31 heavy (non-hydrogen) atoms. The number of nitrogens with two attached hydrogens (primary N) is 1. The van der Waals surface area contributed by atoms with Crippen LogP contribution in [0.1, 0.15) is 18.4 Å². The molecule has 0 unspecified atom stereocenters. The lowest BCUT2D eigenvalue weighted by molar-refractivity contribution is 0.495. The first-order chi connectivity index (χ1) is 15.1. The summed E-state index contributed by atoms with van der Waals surface area (Å²) in [7, 11) is 1.88. The fourth-order valence-electron chi connectivity index (χ4n) is 3.91. The molecule has 1 aliphatic heterocycles. The third-order valence-electron chi connectivity index (χ3n) is 5.64. The Labute approximate surface area is 180 Å². The molecule has 4 aromatic rings. The first-order valence-corrected chi connectivity index (χ1v) is 10.3. The van der Waals surface area contributed by atoms with Gasteiger partial charge in [0.2, 0.25) is 5.95 Å². The summed E-state index contributed by atoms with van der Waals surface area (Å²) in [5.41, 5.74) is 11.7. The molecule has 1 aromatic carbocycles. The van der Waals surface area contributed by atoms with Crippen molar-refractivity contribution in [2.45, 2.75) is 18.9 Å². The molecule has 3 aromatic heterocycles. The molecular formula is C23H22N8. The number of fused-ring (bicyclic) bond motifs is 1. The highest BCUT2D eigenvalue weighted by molar-refractivity contribution is 5.83. The minimum Gasteiger partial charge on any atom is -0.341 e. The molecule has 0 aliphatic carbocycles. The van der Waals surface area contributed by atoms with Gasteiger partial charge in [-0.3, -0.25) is 4.68 Å². The lowest BCUT2D eigenvalue weighted by Crippen LogP contribution is -2.40. The Hall–Kier alpha value is -3.83. The quantitative estimate of drug-likeness (QED) is 0.553. The van der Waals surface area contributed by atoms with Crippen LogP contribution < -0.4 is 10.6 Å². The predicted octanol–water partition coefficient (Wildman–Crippen LogP) is 2.89. The maximum absolute atomic E-state index is 9.16. The number of anilines is 1. The van der Waals surface area contributed by atoms with Gasteiger partial charge in [0, 0.05) is 43.5 Å². The molecule has 0 atom stereocenters. The molecule has 0 bridgehead atoms. The number of rotatable bonds is 3. The molecule has 2 N–H and O–H groups in total. The average molecular weight is 410 g/mol. The summed E-state index contributed by atoms with van der Waals surface area (Å²) in [4.78, 5) is 16.6. The summed E-state index contributed by atoms with van der Waals surface area (Å²) in [5.74, 6) is 0.692. The summed E-state index contributed by atoms with van der Waals surface area (Å²) in [6.07, 6.45) is 5.59. The molecule has 8 heteroatoms.